The van der Waals surface area contributed by atoms with Gasteiger partial charge < -0.3 is 5.11 Å². The lowest BCUT2D eigenvalue weighted by atomic mass is 9.76. The van der Waals surface area contributed by atoms with Gasteiger partial charge in [0.25, 0.3) is 0 Å². The Hall–Kier alpha value is -1.39. The summed E-state index contributed by atoms with van der Waals surface area (Å²) >= 11 is 0. The summed E-state index contributed by atoms with van der Waals surface area (Å²) in [6.07, 6.45) is 5.52. The molecule has 5 heteroatoms. The highest BCUT2D eigenvalue weighted by molar-refractivity contribution is 5.74. The van der Waals surface area contributed by atoms with E-state index in [1.54, 1.807) is 17.9 Å². The maximum absolute atomic E-state index is 11.5. The molecule has 5 nitrogen and oxygen atoms in total. The van der Waals surface area contributed by atoms with Crippen molar-refractivity contribution in [2.24, 2.45) is 12.5 Å². The van der Waals surface area contributed by atoms with Crippen LogP contribution in [0.4, 0.5) is 0 Å². The molecule has 0 aromatic carbocycles. The van der Waals surface area contributed by atoms with Crippen LogP contribution in [0, 0.1) is 5.41 Å². The van der Waals surface area contributed by atoms with E-state index >= 15 is 0 Å². The van der Waals surface area contributed by atoms with Crippen LogP contribution in [-0.4, -0.2) is 26.1 Å². The van der Waals surface area contributed by atoms with Crippen LogP contribution in [0.5, 0.6) is 0 Å². The van der Waals surface area contributed by atoms with Crippen LogP contribution in [0.25, 0.3) is 0 Å². The SMILES string of the molecule is CCCCC(CC)(Cc1cn(C)nn1)C(=O)O. The first-order chi connectivity index (χ1) is 8.04. The molecule has 0 aliphatic rings. The van der Waals surface area contributed by atoms with Crippen molar-refractivity contribution in [3.05, 3.63) is 11.9 Å². The van der Waals surface area contributed by atoms with Crippen LogP contribution < -0.4 is 0 Å². The fourth-order valence-electron chi connectivity index (χ4n) is 2.06. The highest BCUT2D eigenvalue weighted by Crippen LogP contribution is 2.32. The molecule has 0 saturated carbocycles. The zero-order valence-corrected chi connectivity index (χ0v) is 10.8. The Bertz CT molecular complexity index is 376. The number of unbranched alkanes of at least 4 members (excludes halogenated alkanes) is 1. The highest BCUT2D eigenvalue weighted by Gasteiger charge is 2.36. The molecule has 1 unspecified atom stereocenters. The van der Waals surface area contributed by atoms with Crippen molar-refractivity contribution in [3.63, 3.8) is 0 Å². The number of aliphatic carboxylic acids is 1. The number of carboxylic acid groups (broad SMARTS) is 1. The molecule has 0 bridgehead atoms. The molecule has 1 N–H and O–H groups in total. The van der Waals surface area contributed by atoms with Crippen molar-refractivity contribution in [1.29, 1.82) is 0 Å². The minimum Gasteiger partial charge on any atom is -0.481 e. The highest BCUT2D eigenvalue weighted by atomic mass is 16.4. The Labute approximate surface area is 102 Å². The molecule has 1 rings (SSSR count). The monoisotopic (exact) mass is 239 g/mol. The van der Waals surface area contributed by atoms with Gasteiger partial charge in [0.05, 0.1) is 11.1 Å². The van der Waals surface area contributed by atoms with Gasteiger partial charge in [0.2, 0.25) is 0 Å². The van der Waals surface area contributed by atoms with Gasteiger partial charge >= 0.3 is 5.97 Å². The molecule has 96 valence electrons. The second-order valence-electron chi connectivity index (χ2n) is 4.60. The molecular weight excluding hydrogens is 218 g/mol. The molecule has 1 aromatic heterocycles. The largest absolute Gasteiger partial charge is 0.481 e. The molecule has 1 atom stereocenters. The third-order valence-corrected chi connectivity index (χ3v) is 3.31. The minimum atomic E-state index is -0.723. The van der Waals surface area contributed by atoms with Crippen molar-refractivity contribution in [2.45, 2.75) is 46.0 Å². The first-order valence-corrected chi connectivity index (χ1v) is 6.12. The third-order valence-electron chi connectivity index (χ3n) is 3.31. The molecule has 0 fully saturated rings. The van der Waals surface area contributed by atoms with Gasteiger partial charge in [0, 0.05) is 19.7 Å². The van der Waals surface area contributed by atoms with Crippen molar-refractivity contribution >= 4 is 5.97 Å². The van der Waals surface area contributed by atoms with E-state index in [0.29, 0.717) is 19.3 Å². The molecule has 0 saturated heterocycles. The van der Waals surface area contributed by atoms with E-state index in [0.717, 1.165) is 18.5 Å². The average Bonchev–Trinajstić information content (AvgIpc) is 2.69. The Morgan fingerprint density at radius 1 is 1.53 bits per heavy atom. The van der Waals surface area contributed by atoms with Crippen molar-refractivity contribution < 1.29 is 9.90 Å². The smallest absolute Gasteiger partial charge is 0.310 e. The fourth-order valence-corrected chi connectivity index (χ4v) is 2.06. The van der Waals surface area contributed by atoms with Gasteiger partial charge in [-0.25, -0.2) is 0 Å². The molecule has 0 aliphatic carbocycles. The van der Waals surface area contributed by atoms with E-state index in [1.807, 2.05) is 6.92 Å². The second-order valence-corrected chi connectivity index (χ2v) is 4.60. The van der Waals surface area contributed by atoms with E-state index in [-0.39, 0.29) is 0 Å². The number of aryl methyl sites for hydroxylation is 1. The Morgan fingerprint density at radius 2 is 2.24 bits per heavy atom. The summed E-state index contributed by atoms with van der Waals surface area (Å²) in [4.78, 5) is 11.5. The number of rotatable bonds is 7. The summed E-state index contributed by atoms with van der Waals surface area (Å²) < 4.78 is 1.61. The summed E-state index contributed by atoms with van der Waals surface area (Å²) in [7, 11) is 1.79. The molecule has 0 radical (unpaired) electrons. The van der Waals surface area contributed by atoms with Crippen LogP contribution in [0.1, 0.15) is 45.2 Å². The summed E-state index contributed by atoms with van der Waals surface area (Å²) in [6, 6.07) is 0. The molecule has 1 aromatic rings. The van der Waals surface area contributed by atoms with Crippen LogP contribution in [0.3, 0.4) is 0 Å². The number of aromatic nitrogens is 3. The normalized spacial score (nSPS) is 14.5. The first-order valence-electron chi connectivity index (χ1n) is 6.12. The first kappa shape index (κ1) is 13.7. The lowest BCUT2D eigenvalue weighted by molar-refractivity contribution is -0.149. The molecule has 0 spiro atoms. The number of carbonyl (C=O) groups is 1. The summed E-state index contributed by atoms with van der Waals surface area (Å²) in [5, 5.41) is 17.3. The molecule has 0 amide bonds. The van der Waals surface area contributed by atoms with Crippen molar-refractivity contribution in [1.82, 2.24) is 15.0 Å². The van der Waals surface area contributed by atoms with E-state index in [9.17, 15) is 9.90 Å². The van der Waals surface area contributed by atoms with Crippen LogP contribution in [0.2, 0.25) is 0 Å². The van der Waals surface area contributed by atoms with Crippen molar-refractivity contribution in [2.75, 3.05) is 0 Å². The van der Waals surface area contributed by atoms with E-state index in [1.165, 1.54) is 0 Å². The van der Waals surface area contributed by atoms with Crippen LogP contribution in [0.15, 0.2) is 6.20 Å². The van der Waals surface area contributed by atoms with Gasteiger partial charge in [0.1, 0.15) is 0 Å². The van der Waals surface area contributed by atoms with E-state index < -0.39 is 11.4 Å². The quantitative estimate of drug-likeness (QED) is 0.790. The minimum absolute atomic E-state index is 0.465. The van der Waals surface area contributed by atoms with E-state index in [4.69, 9.17) is 0 Å². The van der Waals surface area contributed by atoms with Gasteiger partial charge in [-0.2, -0.15) is 0 Å². The predicted octanol–water partition coefficient (Wildman–Crippen LogP) is 2.03. The third kappa shape index (κ3) is 3.28. The molecule has 1 heterocycles. The Morgan fingerprint density at radius 3 is 2.65 bits per heavy atom. The summed E-state index contributed by atoms with van der Waals surface area (Å²) in [5.74, 6) is -0.723. The van der Waals surface area contributed by atoms with Crippen LogP contribution >= 0.6 is 0 Å². The zero-order chi connectivity index (χ0) is 12.9. The lowest BCUT2D eigenvalue weighted by Crippen LogP contribution is -2.33. The number of hydrogen-bond donors (Lipinski definition) is 1. The maximum atomic E-state index is 11.5. The Balaban J connectivity index is 2.85. The molecule has 17 heavy (non-hydrogen) atoms. The lowest BCUT2D eigenvalue weighted by Gasteiger charge is -2.27. The number of hydrogen-bond acceptors (Lipinski definition) is 3. The standard InChI is InChI=1S/C12H21N3O2/c1-4-6-7-12(5-2,11(16)17)8-10-9-15(3)14-13-10/h9H,4-8H2,1-3H3,(H,16,17). The fraction of sp³-hybridized carbons (Fsp3) is 0.750. The summed E-state index contributed by atoms with van der Waals surface area (Å²) in [6.45, 7) is 4.00. The van der Waals surface area contributed by atoms with Gasteiger partial charge in [0.15, 0.2) is 0 Å². The zero-order valence-electron chi connectivity index (χ0n) is 10.8. The molecular formula is C12H21N3O2. The predicted molar refractivity (Wildman–Crippen MR) is 64.6 cm³/mol. The number of nitrogens with zero attached hydrogens (tertiary/aromatic N) is 3. The van der Waals surface area contributed by atoms with Gasteiger partial charge in [-0.15, -0.1) is 5.10 Å². The Kier molecular flexibility index (Phi) is 4.66. The van der Waals surface area contributed by atoms with Gasteiger partial charge in [-0.05, 0) is 12.8 Å². The second kappa shape index (κ2) is 5.80. The number of carboxylic acids is 1. The average molecular weight is 239 g/mol. The van der Waals surface area contributed by atoms with Gasteiger partial charge in [-0.3, -0.25) is 9.48 Å². The van der Waals surface area contributed by atoms with Crippen LogP contribution in [-0.2, 0) is 18.3 Å². The maximum Gasteiger partial charge on any atom is 0.310 e. The summed E-state index contributed by atoms with van der Waals surface area (Å²) in [5.41, 5.74) is 0.0688. The topological polar surface area (TPSA) is 68.0 Å². The van der Waals surface area contributed by atoms with E-state index in [2.05, 4.69) is 17.2 Å². The van der Waals surface area contributed by atoms with Crippen molar-refractivity contribution in [3.8, 4) is 0 Å². The van der Waals surface area contributed by atoms with Gasteiger partial charge in [-0.1, -0.05) is 31.9 Å². The molecule has 0 aliphatic heterocycles.